The van der Waals surface area contributed by atoms with E-state index in [1.807, 2.05) is 11.8 Å². The Hall–Kier alpha value is 0.180. The van der Waals surface area contributed by atoms with Crippen LogP contribution in [0.15, 0.2) is 0 Å². The fourth-order valence-corrected chi connectivity index (χ4v) is 5.53. The Morgan fingerprint density at radius 1 is 1.28 bits per heavy atom. The molecule has 2 aliphatic heterocycles. The first kappa shape index (κ1) is 14.6. The smallest absolute Gasteiger partial charge is 0.280 e. The lowest BCUT2D eigenvalue weighted by Crippen LogP contribution is -2.54. The average molecular weight is 293 g/mol. The molecular formula is C11H23N3O2S2. The van der Waals surface area contributed by atoms with Crippen LogP contribution < -0.4 is 10.5 Å². The number of nitrogens with zero attached hydrogens (tertiary/aromatic N) is 1. The third kappa shape index (κ3) is 3.60. The van der Waals surface area contributed by atoms with Crippen molar-refractivity contribution < 1.29 is 8.42 Å². The van der Waals surface area contributed by atoms with E-state index in [4.69, 9.17) is 5.73 Å². The van der Waals surface area contributed by atoms with Gasteiger partial charge in [0, 0.05) is 30.9 Å². The highest BCUT2D eigenvalue weighted by Gasteiger charge is 2.33. The zero-order chi connectivity index (χ0) is 13.0. The molecule has 5 nitrogen and oxygen atoms in total. The summed E-state index contributed by atoms with van der Waals surface area (Å²) in [5.74, 6) is 2.04. The van der Waals surface area contributed by atoms with Crippen molar-refractivity contribution >= 4 is 22.0 Å². The van der Waals surface area contributed by atoms with Gasteiger partial charge in [-0.15, -0.1) is 0 Å². The SMILES string of the molecule is NCC1CCCCN1S(=O)(=O)NC1CCCSC1. The molecule has 3 N–H and O–H groups in total. The standard InChI is InChI=1S/C11H23N3O2S2/c12-8-11-5-1-2-6-14(11)18(15,16)13-10-4-3-7-17-9-10/h10-11,13H,1-9,12H2. The highest BCUT2D eigenvalue weighted by atomic mass is 32.2. The molecule has 0 saturated carbocycles. The van der Waals surface area contributed by atoms with Crippen molar-refractivity contribution in [3.63, 3.8) is 0 Å². The predicted octanol–water partition coefficient (Wildman–Crippen LogP) is 0.530. The van der Waals surface area contributed by atoms with E-state index in [9.17, 15) is 8.42 Å². The summed E-state index contributed by atoms with van der Waals surface area (Å²) in [6.07, 6.45) is 4.95. The van der Waals surface area contributed by atoms with Gasteiger partial charge in [-0.05, 0) is 31.4 Å². The van der Waals surface area contributed by atoms with Crippen LogP contribution in [0.25, 0.3) is 0 Å². The van der Waals surface area contributed by atoms with Crippen LogP contribution in [0.4, 0.5) is 0 Å². The highest BCUT2D eigenvalue weighted by molar-refractivity contribution is 7.99. The Bertz CT molecular complexity index is 355. The van der Waals surface area contributed by atoms with E-state index in [-0.39, 0.29) is 12.1 Å². The van der Waals surface area contributed by atoms with Crippen LogP contribution in [-0.4, -0.2) is 49.4 Å². The summed E-state index contributed by atoms with van der Waals surface area (Å²) < 4.78 is 29.2. The Morgan fingerprint density at radius 2 is 2.11 bits per heavy atom. The summed E-state index contributed by atoms with van der Waals surface area (Å²) in [6, 6.07) is 0.0709. The molecule has 18 heavy (non-hydrogen) atoms. The van der Waals surface area contributed by atoms with Crippen LogP contribution in [-0.2, 0) is 10.2 Å². The van der Waals surface area contributed by atoms with Crippen LogP contribution in [0.3, 0.4) is 0 Å². The number of piperidine rings is 1. The first-order valence-electron chi connectivity index (χ1n) is 6.70. The summed E-state index contributed by atoms with van der Waals surface area (Å²) in [5, 5.41) is 0. The number of nitrogens with two attached hydrogens (primary N) is 1. The van der Waals surface area contributed by atoms with Crippen LogP contribution in [0.2, 0.25) is 0 Å². The average Bonchev–Trinajstić information content (AvgIpc) is 2.39. The Kier molecular flexibility index (Phi) is 5.32. The van der Waals surface area contributed by atoms with Crippen molar-refractivity contribution in [1.29, 1.82) is 0 Å². The lowest BCUT2D eigenvalue weighted by molar-refractivity contribution is 0.253. The lowest BCUT2D eigenvalue weighted by atomic mass is 10.1. The Morgan fingerprint density at radius 3 is 2.78 bits per heavy atom. The fourth-order valence-electron chi connectivity index (χ4n) is 2.64. The molecule has 2 rings (SSSR count). The van der Waals surface area contributed by atoms with Gasteiger partial charge in [0.25, 0.3) is 10.2 Å². The van der Waals surface area contributed by atoms with Crippen molar-refractivity contribution in [3.05, 3.63) is 0 Å². The molecule has 0 aromatic heterocycles. The zero-order valence-corrected chi connectivity index (χ0v) is 12.3. The number of rotatable bonds is 4. The second-order valence-corrected chi connectivity index (χ2v) is 7.84. The van der Waals surface area contributed by atoms with Crippen LogP contribution >= 0.6 is 11.8 Å². The van der Waals surface area contributed by atoms with Crippen molar-refractivity contribution in [3.8, 4) is 0 Å². The minimum Gasteiger partial charge on any atom is -0.329 e. The van der Waals surface area contributed by atoms with E-state index in [0.717, 1.165) is 43.6 Å². The molecule has 2 atom stereocenters. The van der Waals surface area contributed by atoms with Gasteiger partial charge >= 0.3 is 0 Å². The van der Waals surface area contributed by atoms with Gasteiger partial charge in [0.2, 0.25) is 0 Å². The highest BCUT2D eigenvalue weighted by Crippen LogP contribution is 2.22. The Labute approximate surface area is 114 Å². The van der Waals surface area contributed by atoms with Gasteiger partial charge in [-0.3, -0.25) is 0 Å². The summed E-state index contributed by atoms with van der Waals surface area (Å²) in [4.78, 5) is 0. The van der Waals surface area contributed by atoms with Gasteiger partial charge in [0.15, 0.2) is 0 Å². The molecule has 2 heterocycles. The van der Waals surface area contributed by atoms with Gasteiger partial charge in [0.1, 0.15) is 0 Å². The summed E-state index contributed by atoms with van der Waals surface area (Å²) >= 11 is 1.83. The first-order chi connectivity index (χ1) is 8.63. The van der Waals surface area contributed by atoms with Crippen LogP contribution in [0, 0.1) is 0 Å². The first-order valence-corrected chi connectivity index (χ1v) is 9.30. The van der Waals surface area contributed by atoms with Crippen LogP contribution in [0.1, 0.15) is 32.1 Å². The third-order valence-corrected chi connectivity index (χ3v) is 6.57. The molecule has 2 unspecified atom stereocenters. The zero-order valence-electron chi connectivity index (χ0n) is 10.7. The minimum atomic E-state index is -3.35. The maximum Gasteiger partial charge on any atom is 0.280 e. The summed E-state index contributed by atoms with van der Waals surface area (Å²) in [7, 11) is -3.35. The van der Waals surface area contributed by atoms with Gasteiger partial charge in [-0.1, -0.05) is 6.42 Å². The molecule has 2 saturated heterocycles. The molecule has 0 spiro atoms. The minimum absolute atomic E-state index is 0.0208. The molecule has 106 valence electrons. The molecule has 0 radical (unpaired) electrons. The fraction of sp³-hybridized carbons (Fsp3) is 1.00. The molecule has 0 aliphatic carbocycles. The third-order valence-electron chi connectivity index (χ3n) is 3.63. The molecule has 0 bridgehead atoms. The van der Waals surface area contributed by atoms with E-state index < -0.39 is 10.2 Å². The van der Waals surface area contributed by atoms with Gasteiger partial charge in [0.05, 0.1) is 0 Å². The predicted molar refractivity (Wildman–Crippen MR) is 75.8 cm³/mol. The van der Waals surface area contributed by atoms with E-state index in [1.54, 1.807) is 4.31 Å². The largest absolute Gasteiger partial charge is 0.329 e. The monoisotopic (exact) mass is 293 g/mol. The number of hydrogen-bond donors (Lipinski definition) is 2. The topological polar surface area (TPSA) is 75.4 Å². The molecule has 2 fully saturated rings. The maximum absolute atomic E-state index is 12.4. The quantitative estimate of drug-likeness (QED) is 0.793. The molecule has 0 aromatic rings. The Balaban J connectivity index is 1.99. The van der Waals surface area contributed by atoms with Gasteiger partial charge in [-0.2, -0.15) is 29.2 Å². The number of nitrogens with one attached hydrogen (secondary N) is 1. The van der Waals surface area contributed by atoms with E-state index >= 15 is 0 Å². The van der Waals surface area contributed by atoms with Gasteiger partial charge in [-0.25, -0.2) is 0 Å². The molecule has 7 heteroatoms. The van der Waals surface area contributed by atoms with Crippen LogP contribution in [0.5, 0.6) is 0 Å². The van der Waals surface area contributed by atoms with Crippen molar-refractivity contribution in [2.24, 2.45) is 5.73 Å². The van der Waals surface area contributed by atoms with E-state index in [2.05, 4.69) is 4.72 Å². The maximum atomic E-state index is 12.4. The van der Waals surface area contributed by atoms with Gasteiger partial charge < -0.3 is 5.73 Å². The number of hydrogen-bond acceptors (Lipinski definition) is 4. The molecule has 0 amide bonds. The van der Waals surface area contributed by atoms with Crippen molar-refractivity contribution in [2.45, 2.75) is 44.2 Å². The number of thioether (sulfide) groups is 1. The normalized spacial score (nSPS) is 31.4. The van der Waals surface area contributed by atoms with E-state index in [1.165, 1.54) is 0 Å². The summed E-state index contributed by atoms with van der Waals surface area (Å²) in [6.45, 7) is 1.03. The molecular weight excluding hydrogens is 270 g/mol. The van der Waals surface area contributed by atoms with Crippen molar-refractivity contribution in [1.82, 2.24) is 9.03 Å². The molecule has 0 aromatic carbocycles. The lowest BCUT2D eigenvalue weighted by Gasteiger charge is -2.35. The van der Waals surface area contributed by atoms with E-state index in [0.29, 0.717) is 13.1 Å². The molecule has 2 aliphatic rings. The second-order valence-electron chi connectivity index (χ2n) is 5.03. The van der Waals surface area contributed by atoms with Crippen molar-refractivity contribution in [2.75, 3.05) is 24.6 Å². The second kappa shape index (κ2) is 6.56. The summed E-state index contributed by atoms with van der Waals surface area (Å²) in [5.41, 5.74) is 5.69.